The fourth-order valence-electron chi connectivity index (χ4n) is 1.22. The summed E-state index contributed by atoms with van der Waals surface area (Å²) < 4.78 is 15.9. The van der Waals surface area contributed by atoms with E-state index in [9.17, 15) is 0 Å². The van der Waals surface area contributed by atoms with Gasteiger partial charge in [0, 0.05) is 21.3 Å². The molecule has 0 radical (unpaired) electrons. The SMILES string of the molecule is CO[SiH](CO)CCC[Si](C)(OC)OC. The van der Waals surface area contributed by atoms with Gasteiger partial charge < -0.3 is 18.4 Å². The first kappa shape index (κ1) is 14.3. The quantitative estimate of drug-likeness (QED) is 0.631. The lowest BCUT2D eigenvalue weighted by molar-refractivity contribution is 0.248. The van der Waals surface area contributed by atoms with Gasteiger partial charge in [-0.3, -0.25) is 0 Å². The van der Waals surface area contributed by atoms with Gasteiger partial charge in [-0.2, -0.15) is 0 Å². The van der Waals surface area contributed by atoms with E-state index < -0.39 is 17.6 Å². The molecule has 4 nitrogen and oxygen atoms in total. The van der Waals surface area contributed by atoms with Crippen molar-refractivity contribution in [3.05, 3.63) is 0 Å². The second-order valence-electron chi connectivity index (χ2n) is 3.47. The number of rotatable bonds is 8. The van der Waals surface area contributed by atoms with Crippen LogP contribution in [0.25, 0.3) is 0 Å². The standard InChI is InChI=1S/C8H22O4Si2/c1-10-13(8-9)6-5-7-14(4,11-2)12-3/h9,13H,5-8H2,1-4H3. The van der Waals surface area contributed by atoms with Gasteiger partial charge in [-0.1, -0.05) is 6.42 Å². The Kier molecular flexibility index (Phi) is 7.70. The van der Waals surface area contributed by atoms with Gasteiger partial charge in [0.1, 0.15) is 0 Å². The minimum Gasteiger partial charge on any atom is -0.421 e. The zero-order valence-corrected chi connectivity index (χ0v) is 11.7. The first-order valence-electron chi connectivity index (χ1n) is 4.85. The first-order chi connectivity index (χ1) is 6.61. The van der Waals surface area contributed by atoms with Crippen molar-refractivity contribution < 1.29 is 18.4 Å². The topological polar surface area (TPSA) is 47.9 Å². The van der Waals surface area contributed by atoms with E-state index in [-0.39, 0.29) is 6.23 Å². The zero-order chi connectivity index (χ0) is 11.0. The average Bonchev–Trinajstić information content (AvgIpc) is 2.24. The molecular weight excluding hydrogens is 216 g/mol. The van der Waals surface area contributed by atoms with Crippen molar-refractivity contribution in [2.24, 2.45) is 0 Å². The van der Waals surface area contributed by atoms with E-state index in [4.69, 9.17) is 18.4 Å². The predicted molar refractivity (Wildman–Crippen MR) is 61.1 cm³/mol. The molecule has 0 aliphatic heterocycles. The number of aliphatic hydroxyl groups is 1. The summed E-state index contributed by atoms with van der Waals surface area (Å²) in [6.45, 7) is 2.05. The summed E-state index contributed by atoms with van der Waals surface area (Å²) >= 11 is 0. The molecular formula is C8H22O4Si2. The third-order valence-corrected chi connectivity index (χ3v) is 7.67. The van der Waals surface area contributed by atoms with E-state index in [1.807, 2.05) is 0 Å². The van der Waals surface area contributed by atoms with Gasteiger partial charge in [0.05, 0.1) is 6.23 Å². The van der Waals surface area contributed by atoms with Crippen LogP contribution < -0.4 is 0 Å². The molecule has 0 aromatic heterocycles. The van der Waals surface area contributed by atoms with Gasteiger partial charge in [0.15, 0.2) is 0 Å². The smallest absolute Gasteiger partial charge is 0.334 e. The summed E-state index contributed by atoms with van der Waals surface area (Å²) in [7, 11) is 1.84. The average molecular weight is 238 g/mol. The molecule has 0 rings (SSSR count). The highest BCUT2D eigenvalue weighted by Gasteiger charge is 2.28. The highest BCUT2D eigenvalue weighted by molar-refractivity contribution is 6.66. The fourth-order valence-corrected chi connectivity index (χ4v) is 4.28. The van der Waals surface area contributed by atoms with E-state index in [0.717, 1.165) is 18.5 Å². The Bertz CT molecular complexity index is 137. The van der Waals surface area contributed by atoms with Crippen molar-refractivity contribution >= 4 is 17.6 Å². The highest BCUT2D eigenvalue weighted by atomic mass is 28.4. The third kappa shape index (κ3) is 5.23. The van der Waals surface area contributed by atoms with E-state index in [0.29, 0.717) is 0 Å². The molecule has 0 aromatic carbocycles. The third-order valence-electron chi connectivity index (χ3n) is 2.56. The summed E-state index contributed by atoms with van der Waals surface area (Å²) in [5.41, 5.74) is 0. The largest absolute Gasteiger partial charge is 0.421 e. The van der Waals surface area contributed by atoms with Crippen molar-refractivity contribution in [3.63, 3.8) is 0 Å². The number of hydrogen-bond donors (Lipinski definition) is 1. The Labute approximate surface area is 89.2 Å². The van der Waals surface area contributed by atoms with Crippen LogP contribution in [0.15, 0.2) is 0 Å². The normalized spacial score (nSPS) is 14.4. The summed E-state index contributed by atoms with van der Waals surface area (Å²) in [6.07, 6.45) is 1.24. The minimum absolute atomic E-state index is 0.217. The molecule has 86 valence electrons. The van der Waals surface area contributed by atoms with Crippen LogP contribution >= 0.6 is 0 Å². The molecule has 0 saturated carbocycles. The highest BCUT2D eigenvalue weighted by Crippen LogP contribution is 2.16. The Balaban J connectivity index is 3.70. The fraction of sp³-hybridized carbons (Fsp3) is 1.00. The van der Waals surface area contributed by atoms with E-state index in [1.165, 1.54) is 0 Å². The molecule has 14 heavy (non-hydrogen) atoms. The van der Waals surface area contributed by atoms with Crippen LogP contribution in [0.2, 0.25) is 18.6 Å². The molecule has 1 N–H and O–H groups in total. The minimum atomic E-state index is -1.90. The van der Waals surface area contributed by atoms with Crippen molar-refractivity contribution in [1.29, 1.82) is 0 Å². The lowest BCUT2D eigenvalue weighted by atomic mass is 10.6. The van der Waals surface area contributed by atoms with Crippen LogP contribution in [0.1, 0.15) is 6.42 Å². The molecule has 0 fully saturated rings. The molecule has 1 atom stereocenters. The van der Waals surface area contributed by atoms with Gasteiger partial charge in [0.25, 0.3) is 0 Å². The lowest BCUT2D eigenvalue weighted by Crippen LogP contribution is -2.36. The van der Waals surface area contributed by atoms with Gasteiger partial charge in [0.2, 0.25) is 9.04 Å². The van der Waals surface area contributed by atoms with Crippen molar-refractivity contribution in [2.45, 2.75) is 25.1 Å². The van der Waals surface area contributed by atoms with Gasteiger partial charge >= 0.3 is 8.56 Å². The molecule has 1 unspecified atom stereocenters. The molecule has 0 spiro atoms. The Morgan fingerprint density at radius 1 is 1.21 bits per heavy atom. The molecule has 0 amide bonds. The van der Waals surface area contributed by atoms with Crippen LogP contribution in [0, 0.1) is 0 Å². The van der Waals surface area contributed by atoms with Crippen molar-refractivity contribution in [3.8, 4) is 0 Å². The molecule has 0 aliphatic rings. The Hall–Kier alpha value is 0.274. The van der Waals surface area contributed by atoms with E-state index >= 15 is 0 Å². The summed E-state index contributed by atoms with van der Waals surface area (Å²) in [5, 5.41) is 8.96. The molecule has 6 heteroatoms. The van der Waals surface area contributed by atoms with Gasteiger partial charge in [-0.25, -0.2) is 0 Å². The molecule has 0 saturated heterocycles. The second kappa shape index (κ2) is 7.55. The molecule has 0 bridgehead atoms. The maximum absolute atomic E-state index is 8.96. The zero-order valence-electron chi connectivity index (χ0n) is 9.58. The maximum atomic E-state index is 8.96. The molecule has 0 aromatic rings. The molecule has 0 aliphatic carbocycles. The number of aliphatic hydroxyl groups excluding tert-OH is 1. The summed E-state index contributed by atoms with van der Waals surface area (Å²) in [4.78, 5) is 0. The maximum Gasteiger partial charge on any atom is 0.334 e. The summed E-state index contributed by atoms with van der Waals surface area (Å²) in [6, 6.07) is 1.95. The van der Waals surface area contributed by atoms with E-state index in [2.05, 4.69) is 6.55 Å². The van der Waals surface area contributed by atoms with Gasteiger partial charge in [-0.05, 0) is 18.6 Å². The second-order valence-corrected chi connectivity index (χ2v) is 9.72. The monoisotopic (exact) mass is 238 g/mol. The van der Waals surface area contributed by atoms with Crippen molar-refractivity contribution in [1.82, 2.24) is 0 Å². The van der Waals surface area contributed by atoms with Crippen LogP contribution in [-0.2, 0) is 13.3 Å². The van der Waals surface area contributed by atoms with Crippen LogP contribution in [-0.4, -0.2) is 50.3 Å². The first-order valence-corrected chi connectivity index (χ1v) is 9.48. The Morgan fingerprint density at radius 2 is 1.79 bits per heavy atom. The van der Waals surface area contributed by atoms with Crippen LogP contribution in [0.4, 0.5) is 0 Å². The summed E-state index contributed by atoms with van der Waals surface area (Å²) in [5.74, 6) is 0. The Morgan fingerprint density at radius 3 is 2.14 bits per heavy atom. The lowest BCUT2D eigenvalue weighted by Gasteiger charge is -2.23. The predicted octanol–water partition coefficient (Wildman–Crippen LogP) is 0.643. The van der Waals surface area contributed by atoms with Gasteiger partial charge in [-0.15, -0.1) is 0 Å². The molecule has 0 heterocycles. The van der Waals surface area contributed by atoms with Crippen LogP contribution in [0.3, 0.4) is 0 Å². The van der Waals surface area contributed by atoms with Crippen LogP contribution in [0.5, 0.6) is 0 Å². The van der Waals surface area contributed by atoms with Crippen molar-refractivity contribution in [2.75, 3.05) is 27.6 Å². The van der Waals surface area contributed by atoms with E-state index in [1.54, 1.807) is 21.3 Å². The number of hydrogen-bond acceptors (Lipinski definition) is 4.